The van der Waals surface area contributed by atoms with Gasteiger partial charge in [0.25, 0.3) is 10.0 Å². The fraction of sp³-hybridized carbons (Fsp3) is 0.240. The third kappa shape index (κ3) is 6.40. The van der Waals surface area contributed by atoms with Crippen molar-refractivity contribution in [2.75, 3.05) is 20.6 Å². The van der Waals surface area contributed by atoms with Crippen molar-refractivity contribution in [2.45, 2.75) is 38.6 Å². The van der Waals surface area contributed by atoms with Crippen LogP contribution in [0.1, 0.15) is 23.6 Å². The van der Waals surface area contributed by atoms with Crippen LogP contribution in [-0.4, -0.2) is 35.0 Å². The van der Waals surface area contributed by atoms with E-state index in [0.717, 1.165) is 27.3 Å². The van der Waals surface area contributed by atoms with Crippen LogP contribution in [0.3, 0.4) is 0 Å². The van der Waals surface area contributed by atoms with E-state index in [4.69, 9.17) is 0 Å². The van der Waals surface area contributed by atoms with E-state index in [1.807, 2.05) is 26.8 Å². The van der Waals surface area contributed by atoms with Gasteiger partial charge in [0.15, 0.2) is 0 Å². The first kappa shape index (κ1) is 26.2. The minimum absolute atomic E-state index is 0.0259. The molecule has 35 heavy (non-hydrogen) atoms. The number of aryl methyl sites for hydroxylation is 3. The zero-order valence-corrected chi connectivity index (χ0v) is 21.9. The molecule has 0 spiro atoms. The molecule has 0 fully saturated rings. The molecule has 0 aliphatic carbocycles. The highest BCUT2D eigenvalue weighted by atomic mass is 32.2. The molecule has 3 aromatic rings. The van der Waals surface area contributed by atoms with Crippen LogP contribution in [0.5, 0.6) is 0 Å². The van der Waals surface area contributed by atoms with E-state index in [9.17, 15) is 21.6 Å². The monoisotopic (exact) mass is 515 g/mol. The van der Waals surface area contributed by atoms with Crippen LogP contribution in [-0.2, 0) is 24.8 Å². The van der Waals surface area contributed by atoms with Gasteiger partial charge in [0.05, 0.1) is 16.8 Å². The van der Waals surface area contributed by atoms with Crippen LogP contribution in [0.25, 0.3) is 0 Å². The minimum atomic E-state index is -3.82. The average Bonchev–Trinajstić information content (AvgIpc) is 2.75. The van der Waals surface area contributed by atoms with Crippen molar-refractivity contribution < 1.29 is 21.6 Å². The summed E-state index contributed by atoms with van der Waals surface area (Å²) in [4.78, 5) is 13.0. The fourth-order valence-corrected chi connectivity index (χ4v) is 5.77. The van der Waals surface area contributed by atoms with Crippen LogP contribution in [0.4, 0.5) is 17.1 Å². The van der Waals surface area contributed by atoms with Gasteiger partial charge in [-0.3, -0.25) is 13.8 Å². The summed E-state index contributed by atoms with van der Waals surface area (Å²) in [7, 11) is -7.58. The number of hydrogen-bond acceptors (Lipinski definition) is 5. The summed E-state index contributed by atoms with van der Waals surface area (Å²) in [5, 5.41) is 2.67. The quantitative estimate of drug-likeness (QED) is 0.467. The van der Waals surface area contributed by atoms with Crippen LogP contribution >= 0.6 is 0 Å². The SMILES string of the molecule is Cc1cccc(NS(=O)(=O)c2ccc(NC(=O)[C@H](C)N(c3ccc(C)c(C)c3)S(C)(=O)=O)cc2)c1. The first-order valence-corrected chi connectivity index (χ1v) is 14.2. The molecule has 3 aromatic carbocycles. The fourth-order valence-electron chi connectivity index (χ4n) is 3.56. The molecule has 0 aliphatic heterocycles. The van der Waals surface area contributed by atoms with Crippen molar-refractivity contribution >= 4 is 43.0 Å². The molecule has 0 radical (unpaired) electrons. The molecule has 0 saturated carbocycles. The van der Waals surface area contributed by atoms with E-state index in [1.54, 1.807) is 36.4 Å². The van der Waals surface area contributed by atoms with Gasteiger partial charge in [-0.2, -0.15) is 0 Å². The summed E-state index contributed by atoms with van der Waals surface area (Å²) in [6.45, 7) is 7.14. The lowest BCUT2D eigenvalue weighted by atomic mass is 10.1. The number of hydrogen-bond donors (Lipinski definition) is 2. The maximum atomic E-state index is 12.9. The van der Waals surface area contributed by atoms with E-state index in [-0.39, 0.29) is 4.90 Å². The predicted molar refractivity (Wildman–Crippen MR) is 140 cm³/mol. The Hall–Kier alpha value is -3.37. The smallest absolute Gasteiger partial charge is 0.261 e. The first-order chi connectivity index (χ1) is 16.3. The van der Waals surface area contributed by atoms with Gasteiger partial charge in [0.2, 0.25) is 15.9 Å². The van der Waals surface area contributed by atoms with E-state index in [1.165, 1.54) is 31.2 Å². The largest absolute Gasteiger partial charge is 0.324 e. The van der Waals surface area contributed by atoms with Gasteiger partial charge in [-0.15, -0.1) is 0 Å². The number of amides is 1. The number of nitrogens with zero attached hydrogens (tertiary/aromatic N) is 1. The second kappa shape index (κ2) is 10.1. The summed E-state index contributed by atoms with van der Waals surface area (Å²) in [5.74, 6) is -0.554. The second-order valence-electron chi connectivity index (χ2n) is 8.49. The Kier molecular flexibility index (Phi) is 7.56. The normalized spacial score (nSPS) is 12.6. The molecular formula is C25H29N3O5S2. The molecule has 0 aromatic heterocycles. The summed E-state index contributed by atoms with van der Waals surface area (Å²) in [6.07, 6.45) is 1.05. The van der Waals surface area contributed by atoms with Crippen LogP contribution in [0.2, 0.25) is 0 Å². The zero-order valence-electron chi connectivity index (χ0n) is 20.2. The molecule has 186 valence electrons. The first-order valence-electron chi connectivity index (χ1n) is 10.8. The van der Waals surface area contributed by atoms with Gasteiger partial charge in [-0.05, 0) is 92.9 Å². The Morgan fingerprint density at radius 3 is 2.06 bits per heavy atom. The Balaban J connectivity index is 1.78. The Labute approximate surface area is 207 Å². The maximum Gasteiger partial charge on any atom is 0.261 e. The van der Waals surface area contributed by atoms with Crippen LogP contribution in [0, 0.1) is 20.8 Å². The molecule has 3 rings (SSSR count). The van der Waals surface area contributed by atoms with E-state index >= 15 is 0 Å². The zero-order chi connectivity index (χ0) is 26.0. The number of sulfonamides is 2. The molecule has 0 bridgehead atoms. The van der Waals surface area contributed by atoms with Crippen molar-refractivity contribution in [3.8, 4) is 0 Å². The number of carbonyl (C=O) groups is 1. The number of rotatable bonds is 8. The molecule has 0 unspecified atom stereocenters. The molecule has 1 atom stereocenters. The molecule has 1 amide bonds. The number of nitrogens with one attached hydrogen (secondary N) is 2. The highest BCUT2D eigenvalue weighted by Gasteiger charge is 2.29. The molecule has 0 aliphatic rings. The van der Waals surface area contributed by atoms with E-state index in [0.29, 0.717) is 17.1 Å². The topological polar surface area (TPSA) is 113 Å². The highest BCUT2D eigenvalue weighted by Crippen LogP contribution is 2.25. The third-order valence-electron chi connectivity index (χ3n) is 5.54. The summed E-state index contributed by atoms with van der Waals surface area (Å²) >= 11 is 0. The molecular weight excluding hydrogens is 486 g/mol. The summed E-state index contributed by atoms with van der Waals surface area (Å²) in [5.41, 5.74) is 4.00. The second-order valence-corrected chi connectivity index (χ2v) is 12.0. The summed E-state index contributed by atoms with van der Waals surface area (Å²) < 4.78 is 54.0. The number of carbonyl (C=O) groups excluding carboxylic acids is 1. The Morgan fingerprint density at radius 2 is 1.49 bits per heavy atom. The Morgan fingerprint density at radius 1 is 0.829 bits per heavy atom. The summed E-state index contributed by atoms with van der Waals surface area (Å²) in [6, 6.07) is 16.8. The van der Waals surface area contributed by atoms with Gasteiger partial charge >= 0.3 is 0 Å². The molecule has 2 N–H and O–H groups in total. The van der Waals surface area contributed by atoms with Gasteiger partial charge in [-0.1, -0.05) is 18.2 Å². The average molecular weight is 516 g/mol. The van der Waals surface area contributed by atoms with Gasteiger partial charge < -0.3 is 5.32 Å². The molecule has 0 heterocycles. The lowest BCUT2D eigenvalue weighted by molar-refractivity contribution is -0.116. The van der Waals surface area contributed by atoms with Crippen molar-refractivity contribution in [3.63, 3.8) is 0 Å². The maximum absolute atomic E-state index is 12.9. The number of anilines is 3. The molecule has 8 nitrogen and oxygen atoms in total. The van der Waals surface area contributed by atoms with Crippen LogP contribution < -0.4 is 14.3 Å². The van der Waals surface area contributed by atoms with Crippen molar-refractivity contribution in [1.29, 1.82) is 0 Å². The minimum Gasteiger partial charge on any atom is -0.324 e. The lowest BCUT2D eigenvalue weighted by Gasteiger charge is -2.28. The highest BCUT2D eigenvalue weighted by molar-refractivity contribution is 7.92. The van der Waals surface area contributed by atoms with Crippen molar-refractivity contribution in [1.82, 2.24) is 0 Å². The predicted octanol–water partition coefficient (Wildman–Crippen LogP) is 4.21. The Bertz CT molecular complexity index is 1450. The molecule has 10 heteroatoms. The van der Waals surface area contributed by atoms with Crippen molar-refractivity contribution in [3.05, 3.63) is 83.4 Å². The van der Waals surface area contributed by atoms with Crippen LogP contribution in [0.15, 0.2) is 71.6 Å². The lowest BCUT2D eigenvalue weighted by Crippen LogP contribution is -2.45. The van der Waals surface area contributed by atoms with E-state index in [2.05, 4.69) is 10.0 Å². The third-order valence-corrected chi connectivity index (χ3v) is 8.17. The van der Waals surface area contributed by atoms with Gasteiger partial charge in [0, 0.05) is 11.4 Å². The van der Waals surface area contributed by atoms with Gasteiger partial charge in [0.1, 0.15) is 6.04 Å². The van der Waals surface area contributed by atoms with Gasteiger partial charge in [-0.25, -0.2) is 16.8 Å². The standard InChI is InChI=1S/C25H29N3O5S2/c1-17-7-6-8-22(15-17)27-35(32,33)24-13-10-21(11-14-24)26-25(29)20(4)28(34(5,30)31)23-12-9-18(2)19(3)16-23/h6-16,20,27H,1-5H3,(H,26,29)/t20-/m0/s1. The number of benzene rings is 3. The van der Waals surface area contributed by atoms with Crippen molar-refractivity contribution in [2.24, 2.45) is 0 Å². The van der Waals surface area contributed by atoms with E-state index < -0.39 is 32.0 Å². The molecule has 0 saturated heterocycles.